The summed E-state index contributed by atoms with van der Waals surface area (Å²) in [4.78, 5) is 2.30. The first-order chi connectivity index (χ1) is 9.65. The SMILES string of the molecule is CCN(CC)c1ccc(Nc2c(N)cccc2Cl)cc1. The van der Waals surface area contributed by atoms with Crippen molar-refractivity contribution in [3.05, 3.63) is 47.5 Å². The first-order valence-electron chi connectivity index (χ1n) is 6.81. The van der Waals surface area contributed by atoms with Crippen LogP contribution in [0.2, 0.25) is 5.02 Å². The predicted molar refractivity (Wildman–Crippen MR) is 89.2 cm³/mol. The minimum atomic E-state index is 0.623. The van der Waals surface area contributed by atoms with Crippen LogP contribution in [0.5, 0.6) is 0 Å². The molecule has 0 radical (unpaired) electrons. The van der Waals surface area contributed by atoms with E-state index in [9.17, 15) is 0 Å². The topological polar surface area (TPSA) is 41.3 Å². The quantitative estimate of drug-likeness (QED) is 0.796. The van der Waals surface area contributed by atoms with Gasteiger partial charge < -0.3 is 16.0 Å². The summed E-state index contributed by atoms with van der Waals surface area (Å²) in [5, 5.41) is 3.89. The van der Waals surface area contributed by atoms with E-state index < -0.39 is 0 Å². The van der Waals surface area contributed by atoms with Crippen molar-refractivity contribution in [1.82, 2.24) is 0 Å². The summed E-state index contributed by atoms with van der Waals surface area (Å²) in [6.07, 6.45) is 0. The van der Waals surface area contributed by atoms with Crippen LogP contribution in [0.1, 0.15) is 13.8 Å². The maximum atomic E-state index is 6.16. The highest BCUT2D eigenvalue weighted by Crippen LogP contribution is 2.31. The monoisotopic (exact) mass is 289 g/mol. The van der Waals surface area contributed by atoms with Gasteiger partial charge in [0.1, 0.15) is 0 Å². The number of halogens is 1. The molecule has 0 aliphatic rings. The molecule has 3 nitrogen and oxygen atoms in total. The molecule has 0 aromatic heterocycles. The first kappa shape index (κ1) is 14.5. The summed E-state index contributed by atoms with van der Waals surface area (Å²) in [6, 6.07) is 13.8. The fourth-order valence-electron chi connectivity index (χ4n) is 2.16. The molecular weight excluding hydrogens is 270 g/mol. The Balaban J connectivity index is 2.19. The second-order valence-electron chi connectivity index (χ2n) is 4.55. The molecule has 0 amide bonds. The number of hydrogen-bond donors (Lipinski definition) is 2. The highest BCUT2D eigenvalue weighted by atomic mass is 35.5. The van der Waals surface area contributed by atoms with E-state index in [-0.39, 0.29) is 0 Å². The van der Waals surface area contributed by atoms with Crippen LogP contribution in [-0.2, 0) is 0 Å². The average molecular weight is 290 g/mol. The van der Waals surface area contributed by atoms with Crippen LogP contribution >= 0.6 is 11.6 Å². The molecule has 0 atom stereocenters. The van der Waals surface area contributed by atoms with Crippen molar-refractivity contribution in [2.75, 3.05) is 29.0 Å². The summed E-state index contributed by atoms with van der Waals surface area (Å²) in [5.41, 5.74) is 9.52. The lowest BCUT2D eigenvalue weighted by molar-refractivity contribution is 0.866. The van der Waals surface area contributed by atoms with Crippen LogP contribution in [0.4, 0.5) is 22.7 Å². The Labute approximate surface area is 125 Å². The van der Waals surface area contributed by atoms with Crippen LogP contribution in [0, 0.1) is 0 Å². The summed E-state index contributed by atoms with van der Waals surface area (Å²) in [7, 11) is 0. The molecular formula is C16H20ClN3. The summed E-state index contributed by atoms with van der Waals surface area (Å²) in [6.45, 7) is 6.31. The van der Waals surface area contributed by atoms with E-state index in [1.165, 1.54) is 5.69 Å². The zero-order valence-electron chi connectivity index (χ0n) is 11.9. The van der Waals surface area contributed by atoms with Crippen molar-refractivity contribution in [1.29, 1.82) is 0 Å². The second kappa shape index (κ2) is 6.53. The molecule has 2 aromatic carbocycles. The van der Waals surface area contributed by atoms with E-state index in [0.717, 1.165) is 24.5 Å². The normalized spacial score (nSPS) is 10.3. The maximum absolute atomic E-state index is 6.16. The van der Waals surface area contributed by atoms with Crippen LogP contribution in [0.3, 0.4) is 0 Å². The lowest BCUT2D eigenvalue weighted by atomic mass is 10.2. The van der Waals surface area contributed by atoms with Gasteiger partial charge in [-0.3, -0.25) is 0 Å². The summed E-state index contributed by atoms with van der Waals surface area (Å²) < 4.78 is 0. The fourth-order valence-corrected chi connectivity index (χ4v) is 2.39. The van der Waals surface area contributed by atoms with E-state index in [0.29, 0.717) is 10.7 Å². The third-order valence-electron chi connectivity index (χ3n) is 3.31. The molecule has 106 valence electrons. The Morgan fingerprint density at radius 1 is 1.05 bits per heavy atom. The molecule has 0 fully saturated rings. The summed E-state index contributed by atoms with van der Waals surface area (Å²) in [5.74, 6) is 0. The molecule has 0 bridgehead atoms. The van der Waals surface area contributed by atoms with E-state index in [1.54, 1.807) is 0 Å². The van der Waals surface area contributed by atoms with Crippen molar-refractivity contribution in [3.8, 4) is 0 Å². The number of nitrogens with two attached hydrogens (primary N) is 1. The number of para-hydroxylation sites is 1. The van der Waals surface area contributed by atoms with Gasteiger partial charge in [0.2, 0.25) is 0 Å². The molecule has 0 spiro atoms. The average Bonchev–Trinajstić information content (AvgIpc) is 2.46. The minimum Gasteiger partial charge on any atom is -0.397 e. The molecule has 3 N–H and O–H groups in total. The van der Waals surface area contributed by atoms with E-state index in [1.807, 2.05) is 30.3 Å². The maximum Gasteiger partial charge on any atom is 0.0807 e. The van der Waals surface area contributed by atoms with Gasteiger partial charge in [-0.1, -0.05) is 17.7 Å². The Bertz CT molecular complexity index is 542. The predicted octanol–water partition coefficient (Wildman–Crippen LogP) is 4.51. The summed E-state index contributed by atoms with van der Waals surface area (Å²) >= 11 is 6.16. The van der Waals surface area contributed by atoms with Crippen molar-refractivity contribution in [2.45, 2.75) is 13.8 Å². The van der Waals surface area contributed by atoms with E-state index in [4.69, 9.17) is 17.3 Å². The van der Waals surface area contributed by atoms with E-state index >= 15 is 0 Å². The van der Waals surface area contributed by atoms with Gasteiger partial charge in [-0.15, -0.1) is 0 Å². The van der Waals surface area contributed by atoms with Gasteiger partial charge in [0.05, 0.1) is 16.4 Å². The molecule has 0 unspecified atom stereocenters. The van der Waals surface area contributed by atoms with Gasteiger partial charge in [0.25, 0.3) is 0 Å². The van der Waals surface area contributed by atoms with Gasteiger partial charge >= 0.3 is 0 Å². The number of hydrogen-bond acceptors (Lipinski definition) is 3. The van der Waals surface area contributed by atoms with Gasteiger partial charge in [0, 0.05) is 24.5 Å². The lowest BCUT2D eigenvalue weighted by Crippen LogP contribution is -2.21. The van der Waals surface area contributed by atoms with Gasteiger partial charge in [-0.25, -0.2) is 0 Å². The first-order valence-corrected chi connectivity index (χ1v) is 7.19. The van der Waals surface area contributed by atoms with Crippen molar-refractivity contribution in [2.24, 2.45) is 0 Å². The smallest absolute Gasteiger partial charge is 0.0807 e. The largest absolute Gasteiger partial charge is 0.397 e. The van der Waals surface area contributed by atoms with Crippen molar-refractivity contribution < 1.29 is 0 Å². The van der Waals surface area contributed by atoms with Crippen molar-refractivity contribution >= 4 is 34.4 Å². The number of benzene rings is 2. The Hall–Kier alpha value is -1.87. The number of nitrogen functional groups attached to an aromatic ring is 1. The zero-order chi connectivity index (χ0) is 14.5. The zero-order valence-corrected chi connectivity index (χ0v) is 12.6. The Morgan fingerprint density at radius 2 is 1.70 bits per heavy atom. The molecule has 2 rings (SSSR count). The molecule has 0 saturated heterocycles. The van der Waals surface area contributed by atoms with Crippen LogP contribution < -0.4 is 16.0 Å². The molecule has 20 heavy (non-hydrogen) atoms. The molecule has 4 heteroatoms. The molecule has 2 aromatic rings. The minimum absolute atomic E-state index is 0.623. The highest BCUT2D eigenvalue weighted by molar-refractivity contribution is 6.34. The Morgan fingerprint density at radius 3 is 2.25 bits per heavy atom. The molecule has 0 heterocycles. The number of nitrogens with zero attached hydrogens (tertiary/aromatic N) is 1. The Kier molecular flexibility index (Phi) is 4.74. The molecule has 0 saturated carbocycles. The van der Waals surface area contributed by atoms with Crippen molar-refractivity contribution in [3.63, 3.8) is 0 Å². The third kappa shape index (κ3) is 3.17. The number of rotatable bonds is 5. The van der Waals surface area contributed by atoms with Gasteiger partial charge in [-0.2, -0.15) is 0 Å². The van der Waals surface area contributed by atoms with Crippen LogP contribution in [0.15, 0.2) is 42.5 Å². The van der Waals surface area contributed by atoms with E-state index in [2.05, 4.69) is 36.2 Å². The third-order valence-corrected chi connectivity index (χ3v) is 3.63. The number of anilines is 4. The van der Waals surface area contributed by atoms with Crippen LogP contribution in [0.25, 0.3) is 0 Å². The molecule has 0 aliphatic heterocycles. The van der Waals surface area contributed by atoms with Crippen LogP contribution in [-0.4, -0.2) is 13.1 Å². The fraction of sp³-hybridized carbons (Fsp3) is 0.250. The second-order valence-corrected chi connectivity index (χ2v) is 4.96. The van der Waals surface area contributed by atoms with Gasteiger partial charge in [0.15, 0.2) is 0 Å². The molecule has 0 aliphatic carbocycles. The highest BCUT2D eigenvalue weighted by Gasteiger charge is 2.05. The lowest BCUT2D eigenvalue weighted by Gasteiger charge is -2.21. The van der Waals surface area contributed by atoms with Gasteiger partial charge in [-0.05, 0) is 50.2 Å². The standard InChI is InChI=1S/C16H20ClN3/c1-3-20(4-2)13-10-8-12(9-11-13)19-16-14(17)6-5-7-15(16)18/h5-11,19H,3-4,18H2,1-2H3. The number of nitrogens with one attached hydrogen (secondary N) is 1.